The number of halogens is 3. The first-order valence-electron chi connectivity index (χ1n) is 5.41. The Bertz CT molecular complexity index is 588. The van der Waals surface area contributed by atoms with Crippen molar-refractivity contribution in [3.63, 3.8) is 0 Å². The highest BCUT2D eigenvalue weighted by molar-refractivity contribution is 8.13. The molecule has 0 saturated carbocycles. The summed E-state index contributed by atoms with van der Waals surface area (Å²) in [6.45, 7) is 0.699. The Kier molecular flexibility index (Phi) is 6.32. The summed E-state index contributed by atoms with van der Waals surface area (Å²) >= 11 is 11.3. The van der Waals surface area contributed by atoms with Crippen molar-refractivity contribution in [1.82, 2.24) is 0 Å². The topological polar surface area (TPSA) is 80.5 Å². The predicted octanol–water partition coefficient (Wildman–Crippen LogP) is 2.81. The molecule has 0 spiro atoms. The molecule has 0 aliphatic carbocycles. The average molecular weight is 362 g/mol. The number of hydrogen-bond acceptors (Lipinski definition) is 5. The summed E-state index contributed by atoms with van der Waals surface area (Å²) < 4.78 is 22.5. The van der Waals surface area contributed by atoms with E-state index in [0.717, 1.165) is 6.07 Å². The van der Waals surface area contributed by atoms with Crippen LogP contribution in [0.4, 0.5) is 11.4 Å². The molecule has 0 amide bonds. The first kappa shape index (κ1) is 17.3. The number of anilines is 1. The molecule has 0 unspecified atom stereocenters. The zero-order chi connectivity index (χ0) is 15.3. The Morgan fingerprint density at radius 2 is 1.75 bits per heavy atom. The van der Waals surface area contributed by atoms with Crippen molar-refractivity contribution in [2.75, 3.05) is 29.7 Å². The molecule has 1 aromatic rings. The molecule has 1 rings (SSSR count). The minimum Gasteiger partial charge on any atom is -0.364 e. The quantitative estimate of drug-likeness (QED) is 0.323. The maximum atomic E-state index is 11.2. The van der Waals surface area contributed by atoms with Crippen LogP contribution in [0.5, 0.6) is 0 Å². The lowest BCUT2D eigenvalue weighted by Crippen LogP contribution is -2.28. The molecule has 0 aliphatic rings. The summed E-state index contributed by atoms with van der Waals surface area (Å²) in [7, 11) is 1.15. The Morgan fingerprint density at radius 1 is 1.20 bits per heavy atom. The van der Waals surface area contributed by atoms with Gasteiger partial charge in [-0.25, -0.2) is 8.42 Å². The van der Waals surface area contributed by atoms with Crippen LogP contribution in [0.15, 0.2) is 23.1 Å². The number of alkyl halides is 2. The summed E-state index contributed by atoms with van der Waals surface area (Å²) in [5, 5.41) is 11.1. The summed E-state index contributed by atoms with van der Waals surface area (Å²) in [5.41, 5.74) is -0.109. The van der Waals surface area contributed by atoms with Crippen molar-refractivity contribution < 1.29 is 13.3 Å². The van der Waals surface area contributed by atoms with Gasteiger partial charge in [0.2, 0.25) is 0 Å². The van der Waals surface area contributed by atoms with Crippen molar-refractivity contribution in [1.29, 1.82) is 0 Å². The van der Waals surface area contributed by atoms with Gasteiger partial charge in [0.15, 0.2) is 0 Å². The highest BCUT2D eigenvalue weighted by Crippen LogP contribution is 2.31. The molecule has 6 nitrogen and oxygen atoms in total. The van der Waals surface area contributed by atoms with Crippen molar-refractivity contribution in [3.05, 3.63) is 28.3 Å². The van der Waals surface area contributed by atoms with Crippen molar-refractivity contribution in [3.8, 4) is 0 Å². The van der Waals surface area contributed by atoms with Crippen molar-refractivity contribution >= 4 is 54.3 Å². The van der Waals surface area contributed by atoms with Gasteiger partial charge in [0.1, 0.15) is 5.69 Å². The molecule has 112 valence electrons. The molecule has 0 saturated heterocycles. The predicted molar refractivity (Wildman–Crippen MR) is 79.8 cm³/mol. The fourth-order valence-electron chi connectivity index (χ4n) is 1.63. The summed E-state index contributed by atoms with van der Waals surface area (Å²) in [5.74, 6) is 0.507. The fourth-order valence-corrected chi connectivity index (χ4v) is 2.80. The van der Waals surface area contributed by atoms with E-state index >= 15 is 0 Å². The van der Waals surface area contributed by atoms with E-state index in [9.17, 15) is 18.5 Å². The minimum absolute atomic E-state index is 0.250. The van der Waals surface area contributed by atoms with E-state index in [0.29, 0.717) is 13.1 Å². The van der Waals surface area contributed by atoms with Gasteiger partial charge in [0, 0.05) is 41.6 Å². The number of nitro benzene ring substituents is 1. The maximum Gasteiger partial charge on any atom is 0.293 e. The van der Waals surface area contributed by atoms with Gasteiger partial charge in [-0.2, -0.15) is 0 Å². The SMILES string of the molecule is O=[N+]([O-])c1cc(S(=O)(=O)Cl)ccc1N(CCCl)CCCl. The third-order valence-corrected chi connectivity index (χ3v) is 4.16. The summed E-state index contributed by atoms with van der Waals surface area (Å²) in [6, 6.07) is 3.46. The molecular weight excluding hydrogens is 351 g/mol. The van der Waals surface area contributed by atoms with Crippen LogP contribution < -0.4 is 4.90 Å². The monoisotopic (exact) mass is 360 g/mol. The Balaban J connectivity index is 3.35. The maximum absolute atomic E-state index is 11.2. The second kappa shape index (κ2) is 7.31. The van der Waals surface area contributed by atoms with E-state index in [-0.39, 0.29) is 28.0 Å². The smallest absolute Gasteiger partial charge is 0.293 e. The molecule has 0 bridgehead atoms. The van der Waals surface area contributed by atoms with Crippen LogP contribution in [0.1, 0.15) is 0 Å². The minimum atomic E-state index is -4.03. The molecule has 0 atom stereocenters. The number of rotatable bonds is 7. The Morgan fingerprint density at radius 3 is 2.15 bits per heavy atom. The molecule has 0 N–H and O–H groups in total. The highest BCUT2D eigenvalue weighted by Gasteiger charge is 2.23. The molecule has 10 heteroatoms. The van der Waals surface area contributed by atoms with Crippen LogP contribution in [0.25, 0.3) is 0 Å². The number of benzene rings is 1. The van der Waals surface area contributed by atoms with Gasteiger partial charge in [-0.05, 0) is 12.1 Å². The lowest BCUT2D eigenvalue weighted by Gasteiger charge is -2.22. The van der Waals surface area contributed by atoms with E-state index in [4.69, 9.17) is 33.9 Å². The molecule has 0 fully saturated rings. The Labute approximate surface area is 130 Å². The second-order valence-electron chi connectivity index (χ2n) is 3.71. The molecule has 0 heterocycles. The van der Waals surface area contributed by atoms with Crippen molar-refractivity contribution in [2.45, 2.75) is 4.90 Å². The molecule has 0 radical (unpaired) electrons. The van der Waals surface area contributed by atoms with E-state index in [1.807, 2.05) is 0 Å². The van der Waals surface area contributed by atoms with E-state index in [1.54, 1.807) is 4.90 Å². The number of nitrogens with zero attached hydrogens (tertiary/aromatic N) is 2. The lowest BCUT2D eigenvalue weighted by atomic mass is 10.2. The highest BCUT2D eigenvalue weighted by atomic mass is 35.7. The number of hydrogen-bond donors (Lipinski definition) is 0. The van der Waals surface area contributed by atoms with Crippen molar-refractivity contribution in [2.24, 2.45) is 0 Å². The van der Waals surface area contributed by atoms with Crippen LogP contribution >= 0.6 is 33.9 Å². The number of nitro groups is 1. The van der Waals surface area contributed by atoms with Gasteiger partial charge >= 0.3 is 0 Å². The van der Waals surface area contributed by atoms with Crippen LogP contribution in [0.3, 0.4) is 0 Å². The molecule has 0 aromatic heterocycles. The Hall–Kier alpha value is -0.760. The molecule has 1 aromatic carbocycles. The van der Waals surface area contributed by atoms with Gasteiger partial charge in [-0.3, -0.25) is 10.1 Å². The van der Waals surface area contributed by atoms with Crippen LogP contribution in [-0.2, 0) is 9.05 Å². The third kappa shape index (κ3) is 4.37. The molecule has 0 aliphatic heterocycles. The van der Waals surface area contributed by atoms with Gasteiger partial charge in [0.25, 0.3) is 14.7 Å². The third-order valence-electron chi connectivity index (χ3n) is 2.47. The van der Waals surface area contributed by atoms with Crippen LogP contribution in [-0.4, -0.2) is 38.2 Å². The van der Waals surface area contributed by atoms with Crippen LogP contribution in [0, 0.1) is 10.1 Å². The van der Waals surface area contributed by atoms with Gasteiger partial charge in [-0.1, -0.05) is 0 Å². The second-order valence-corrected chi connectivity index (χ2v) is 7.03. The first-order valence-corrected chi connectivity index (χ1v) is 8.79. The van der Waals surface area contributed by atoms with E-state index < -0.39 is 14.0 Å². The largest absolute Gasteiger partial charge is 0.364 e. The average Bonchev–Trinajstić information content (AvgIpc) is 2.36. The first-order chi connectivity index (χ1) is 9.31. The zero-order valence-electron chi connectivity index (χ0n) is 10.1. The summed E-state index contributed by atoms with van der Waals surface area (Å²) in [6.07, 6.45) is 0. The van der Waals surface area contributed by atoms with E-state index in [2.05, 4.69) is 0 Å². The zero-order valence-corrected chi connectivity index (χ0v) is 13.2. The van der Waals surface area contributed by atoms with E-state index in [1.165, 1.54) is 12.1 Å². The van der Waals surface area contributed by atoms with Gasteiger partial charge < -0.3 is 4.90 Å². The van der Waals surface area contributed by atoms with Gasteiger partial charge in [-0.15, -0.1) is 23.2 Å². The molecule has 20 heavy (non-hydrogen) atoms. The lowest BCUT2D eigenvalue weighted by molar-refractivity contribution is -0.384. The van der Waals surface area contributed by atoms with Gasteiger partial charge in [0.05, 0.1) is 9.82 Å². The standard InChI is InChI=1S/C10H11Cl3N2O4S/c11-3-5-14(6-4-12)9-2-1-8(20(13,18)19)7-10(9)15(16)17/h1-2,7H,3-6H2. The summed E-state index contributed by atoms with van der Waals surface area (Å²) in [4.78, 5) is 11.7. The normalized spacial score (nSPS) is 11.3. The molecular formula is C10H11Cl3N2O4S. The van der Waals surface area contributed by atoms with Crippen LogP contribution in [0.2, 0.25) is 0 Å². The fraction of sp³-hybridized carbons (Fsp3) is 0.400.